The van der Waals surface area contributed by atoms with Gasteiger partial charge in [0.25, 0.3) is 0 Å². The molecule has 3 rings (SSSR count). The molecule has 21 heavy (non-hydrogen) atoms. The molecular weight excluding hydrogens is 262 g/mol. The van der Waals surface area contributed by atoms with Gasteiger partial charge >= 0.3 is 0 Å². The standard InChI is InChI=1S/C17H25N3O/c18-6-3-7-19-8-10-20(11-9-19)17(21)16-12-14-4-1-2-5-15(14)13-16/h1-2,4-5,16H,3,6-13,18H2. The highest BCUT2D eigenvalue weighted by atomic mass is 16.2. The van der Waals surface area contributed by atoms with Gasteiger partial charge in [-0.25, -0.2) is 0 Å². The number of benzene rings is 1. The molecule has 1 aliphatic carbocycles. The van der Waals surface area contributed by atoms with Gasteiger partial charge in [-0.15, -0.1) is 0 Å². The van der Waals surface area contributed by atoms with E-state index in [9.17, 15) is 4.79 Å². The number of nitrogens with two attached hydrogens (primary N) is 1. The third kappa shape index (κ3) is 3.27. The molecule has 0 aromatic heterocycles. The third-order valence-corrected chi connectivity index (χ3v) is 4.76. The van der Waals surface area contributed by atoms with Gasteiger partial charge in [0, 0.05) is 32.1 Å². The van der Waals surface area contributed by atoms with Crippen LogP contribution >= 0.6 is 0 Å². The molecule has 4 nitrogen and oxygen atoms in total. The van der Waals surface area contributed by atoms with Crippen molar-refractivity contribution in [1.82, 2.24) is 9.80 Å². The van der Waals surface area contributed by atoms with E-state index in [2.05, 4.69) is 34.1 Å². The average molecular weight is 287 g/mol. The topological polar surface area (TPSA) is 49.6 Å². The number of amides is 1. The van der Waals surface area contributed by atoms with Gasteiger partial charge in [-0.3, -0.25) is 9.69 Å². The summed E-state index contributed by atoms with van der Waals surface area (Å²) < 4.78 is 0. The lowest BCUT2D eigenvalue weighted by atomic mass is 10.0. The first kappa shape index (κ1) is 14.5. The van der Waals surface area contributed by atoms with Crippen molar-refractivity contribution in [1.29, 1.82) is 0 Å². The zero-order valence-corrected chi connectivity index (χ0v) is 12.6. The number of carbonyl (C=O) groups is 1. The molecule has 0 spiro atoms. The molecule has 0 atom stereocenters. The van der Waals surface area contributed by atoms with Gasteiger partial charge in [0.15, 0.2) is 0 Å². The van der Waals surface area contributed by atoms with Crippen LogP contribution in [0.3, 0.4) is 0 Å². The monoisotopic (exact) mass is 287 g/mol. The van der Waals surface area contributed by atoms with Crippen molar-refractivity contribution in [2.45, 2.75) is 19.3 Å². The fourth-order valence-electron chi connectivity index (χ4n) is 3.50. The second kappa shape index (κ2) is 6.58. The molecule has 1 aromatic rings. The van der Waals surface area contributed by atoms with Gasteiger partial charge < -0.3 is 10.6 Å². The fraction of sp³-hybridized carbons (Fsp3) is 0.588. The molecule has 1 aromatic carbocycles. The number of fused-ring (bicyclic) bond motifs is 1. The highest BCUT2D eigenvalue weighted by Gasteiger charge is 2.31. The maximum absolute atomic E-state index is 12.7. The minimum atomic E-state index is 0.165. The lowest BCUT2D eigenvalue weighted by molar-refractivity contribution is -0.137. The van der Waals surface area contributed by atoms with Crippen LogP contribution in [0, 0.1) is 5.92 Å². The highest BCUT2D eigenvalue weighted by Crippen LogP contribution is 2.28. The maximum atomic E-state index is 12.7. The van der Waals surface area contributed by atoms with Crippen molar-refractivity contribution in [3.05, 3.63) is 35.4 Å². The molecule has 1 fully saturated rings. The second-order valence-corrected chi connectivity index (χ2v) is 6.18. The summed E-state index contributed by atoms with van der Waals surface area (Å²) >= 11 is 0. The number of hydrogen-bond acceptors (Lipinski definition) is 3. The Morgan fingerprint density at radius 1 is 1.10 bits per heavy atom. The zero-order valence-electron chi connectivity index (χ0n) is 12.6. The third-order valence-electron chi connectivity index (χ3n) is 4.76. The summed E-state index contributed by atoms with van der Waals surface area (Å²) in [6, 6.07) is 8.46. The molecule has 1 saturated heterocycles. The van der Waals surface area contributed by atoms with E-state index >= 15 is 0 Å². The number of nitrogens with zero attached hydrogens (tertiary/aromatic N) is 2. The molecule has 1 amide bonds. The molecule has 0 saturated carbocycles. The Balaban J connectivity index is 1.52. The minimum absolute atomic E-state index is 0.165. The highest BCUT2D eigenvalue weighted by molar-refractivity contribution is 5.80. The lowest BCUT2D eigenvalue weighted by Gasteiger charge is -2.36. The van der Waals surface area contributed by atoms with Gasteiger partial charge in [-0.2, -0.15) is 0 Å². The molecular formula is C17H25N3O. The van der Waals surface area contributed by atoms with E-state index in [1.54, 1.807) is 0 Å². The normalized spacial score (nSPS) is 19.8. The van der Waals surface area contributed by atoms with E-state index in [-0.39, 0.29) is 5.92 Å². The van der Waals surface area contributed by atoms with E-state index in [4.69, 9.17) is 5.73 Å². The summed E-state index contributed by atoms with van der Waals surface area (Å²) in [6.45, 7) is 5.54. The summed E-state index contributed by atoms with van der Waals surface area (Å²) in [4.78, 5) is 17.2. The molecule has 2 N–H and O–H groups in total. The lowest BCUT2D eigenvalue weighted by Crippen LogP contribution is -2.50. The first-order valence-corrected chi connectivity index (χ1v) is 8.06. The Bertz CT molecular complexity index is 470. The number of hydrogen-bond donors (Lipinski definition) is 1. The SMILES string of the molecule is NCCCN1CCN(C(=O)C2Cc3ccccc3C2)CC1. The summed E-state index contributed by atoms with van der Waals surface area (Å²) in [5, 5.41) is 0. The molecule has 0 radical (unpaired) electrons. The summed E-state index contributed by atoms with van der Waals surface area (Å²) in [5.74, 6) is 0.516. The van der Waals surface area contributed by atoms with Crippen LogP contribution in [0.1, 0.15) is 17.5 Å². The minimum Gasteiger partial charge on any atom is -0.340 e. The van der Waals surface area contributed by atoms with E-state index in [1.165, 1.54) is 11.1 Å². The van der Waals surface area contributed by atoms with Crippen LogP contribution in [0.4, 0.5) is 0 Å². The molecule has 2 aliphatic rings. The predicted molar refractivity (Wildman–Crippen MR) is 84.0 cm³/mol. The van der Waals surface area contributed by atoms with Gasteiger partial charge in [-0.1, -0.05) is 24.3 Å². The molecule has 114 valence electrons. The summed E-state index contributed by atoms with van der Waals surface area (Å²) in [7, 11) is 0. The number of carbonyl (C=O) groups excluding carboxylic acids is 1. The van der Waals surface area contributed by atoms with E-state index in [0.29, 0.717) is 5.91 Å². The Morgan fingerprint density at radius 3 is 2.29 bits per heavy atom. The van der Waals surface area contributed by atoms with Gasteiger partial charge in [0.2, 0.25) is 5.91 Å². The Morgan fingerprint density at radius 2 is 1.71 bits per heavy atom. The smallest absolute Gasteiger partial charge is 0.226 e. The molecule has 4 heteroatoms. The van der Waals surface area contributed by atoms with Crippen molar-refractivity contribution in [3.8, 4) is 0 Å². The van der Waals surface area contributed by atoms with Crippen LogP contribution in [-0.4, -0.2) is 55.0 Å². The van der Waals surface area contributed by atoms with Crippen molar-refractivity contribution in [2.24, 2.45) is 11.7 Å². The Labute approximate surface area is 126 Å². The predicted octanol–water partition coefficient (Wildman–Crippen LogP) is 0.894. The molecule has 0 unspecified atom stereocenters. The van der Waals surface area contributed by atoms with Gasteiger partial charge in [0.05, 0.1) is 0 Å². The van der Waals surface area contributed by atoms with E-state index < -0.39 is 0 Å². The first-order valence-electron chi connectivity index (χ1n) is 8.06. The summed E-state index contributed by atoms with van der Waals surface area (Å²) in [5.41, 5.74) is 8.27. The maximum Gasteiger partial charge on any atom is 0.226 e. The van der Waals surface area contributed by atoms with Crippen LogP contribution in [0.5, 0.6) is 0 Å². The molecule has 1 aliphatic heterocycles. The van der Waals surface area contributed by atoms with Gasteiger partial charge in [-0.05, 0) is 43.5 Å². The number of piperazine rings is 1. The second-order valence-electron chi connectivity index (χ2n) is 6.18. The first-order chi connectivity index (χ1) is 10.3. The Kier molecular flexibility index (Phi) is 4.56. The van der Waals surface area contributed by atoms with E-state index in [1.807, 2.05) is 0 Å². The van der Waals surface area contributed by atoms with Crippen molar-refractivity contribution < 1.29 is 4.79 Å². The Hall–Kier alpha value is -1.39. The largest absolute Gasteiger partial charge is 0.340 e. The van der Waals surface area contributed by atoms with Crippen molar-refractivity contribution in [2.75, 3.05) is 39.3 Å². The quantitative estimate of drug-likeness (QED) is 0.895. The van der Waals surface area contributed by atoms with E-state index in [0.717, 1.165) is 58.5 Å². The van der Waals surface area contributed by atoms with Crippen LogP contribution in [0.15, 0.2) is 24.3 Å². The molecule has 1 heterocycles. The summed E-state index contributed by atoms with van der Waals surface area (Å²) in [6.07, 6.45) is 2.89. The fourth-order valence-corrected chi connectivity index (χ4v) is 3.50. The molecule has 0 bridgehead atoms. The zero-order chi connectivity index (χ0) is 14.7. The van der Waals surface area contributed by atoms with Crippen LogP contribution in [0.2, 0.25) is 0 Å². The van der Waals surface area contributed by atoms with Crippen LogP contribution < -0.4 is 5.73 Å². The van der Waals surface area contributed by atoms with Crippen LogP contribution in [0.25, 0.3) is 0 Å². The van der Waals surface area contributed by atoms with Crippen molar-refractivity contribution >= 4 is 5.91 Å². The average Bonchev–Trinajstić information content (AvgIpc) is 2.96. The van der Waals surface area contributed by atoms with Crippen molar-refractivity contribution in [3.63, 3.8) is 0 Å². The van der Waals surface area contributed by atoms with Crippen LogP contribution in [-0.2, 0) is 17.6 Å². The van der Waals surface area contributed by atoms with Gasteiger partial charge in [0.1, 0.15) is 0 Å². The number of rotatable bonds is 4.